The van der Waals surface area contributed by atoms with E-state index < -0.39 is 0 Å². The molecule has 0 aromatic rings. The molecule has 128 valence electrons. The van der Waals surface area contributed by atoms with Crippen LogP contribution in [0.25, 0.3) is 0 Å². The Morgan fingerprint density at radius 2 is 1.86 bits per heavy atom. The number of carbonyl (C=O) groups excluding carboxylic acids is 1. The van der Waals surface area contributed by atoms with Crippen molar-refractivity contribution in [1.29, 1.82) is 0 Å². The number of rotatable bonds is 10. The van der Waals surface area contributed by atoms with Gasteiger partial charge in [-0.25, -0.2) is 4.79 Å². The molecule has 0 radical (unpaired) electrons. The van der Waals surface area contributed by atoms with E-state index in [0.29, 0.717) is 5.92 Å². The molecule has 0 aliphatic carbocycles. The number of allylic oxidation sites excluding steroid dienone is 3. The molecule has 0 heterocycles. The molecule has 0 saturated carbocycles. The van der Waals surface area contributed by atoms with E-state index in [9.17, 15) is 4.79 Å². The molecule has 22 heavy (non-hydrogen) atoms. The first-order valence-electron chi connectivity index (χ1n) is 8.27. The Balaban J connectivity index is 4.05. The van der Waals surface area contributed by atoms with Gasteiger partial charge in [-0.3, -0.25) is 0 Å². The third-order valence-electron chi connectivity index (χ3n) is 3.64. The van der Waals surface area contributed by atoms with Gasteiger partial charge in [-0.1, -0.05) is 31.9 Å². The average Bonchev–Trinajstić information content (AvgIpc) is 2.37. The van der Waals surface area contributed by atoms with Crippen molar-refractivity contribution in [2.24, 2.45) is 5.92 Å². The van der Waals surface area contributed by atoms with Gasteiger partial charge in [0.1, 0.15) is 0 Å². The minimum atomic E-state index is -0.271. The van der Waals surface area contributed by atoms with Crippen LogP contribution < -0.4 is 0 Å². The van der Waals surface area contributed by atoms with Crippen LogP contribution >= 0.6 is 0 Å². The molecule has 0 rings (SSSR count). The molecule has 0 aliphatic heterocycles. The van der Waals surface area contributed by atoms with Crippen LogP contribution in [0.4, 0.5) is 0 Å². The molecular formula is C19H34O3. The normalized spacial score (nSPS) is 14.6. The van der Waals surface area contributed by atoms with E-state index in [-0.39, 0.29) is 17.7 Å². The molecule has 0 saturated heterocycles. The predicted molar refractivity (Wildman–Crippen MR) is 92.8 cm³/mol. The SMILES string of the molecule is COC(C)(C)CCC[C@@H](C)C/C=C/C(C)=C/C(=O)OC(C)C. The quantitative estimate of drug-likeness (QED) is 0.321. The highest BCUT2D eigenvalue weighted by molar-refractivity contribution is 5.83. The maximum atomic E-state index is 11.5. The highest BCUT2D eigenvalue weighted by atomic mass is 16.5. The summed E-state index contributed by atoms with van der Waals surface area (Å²) in [6.45, 7) is 12.1. The van der Waals surface area contributed by atoms with Gasteiger partial charge in [0, 0.05) is 13.2 Å². The summed E-state index contributed by atoms with van der Waals surface area (Å²) < 4.78 is 10.5. The molecule has 0 aromatic carbocycles. The number of methoxy groups -OCH3 is 1. The van der Waals surface area contributed by atoms with Crippen molar-refractivity contribution < 1.29 is 14.3 Å². The van der Waals surface area contributed by atoms with Gasteiger partial charge in [0.2, 0.25) is 0 Å². The zero-order valence-corrected chi connectivity index (χ0v) is 15.4. The van der Waals surface area contributed by atoms with E-state index in [1.807, 2.05) is 26.8 Å². The summed E-state index contributed by atoms with van der Waals surface area (Å²) in [7, 11) is 1.77. The lowest BCUT2D eigenvalue weighted by Crippen LogP contribution is -2.22. The smallest absolute Gasteiger partial charge is 0.331 e. The fourth-order valence-electron chi connectivity index (χ4n) is 2.08. The van der Waals surface area contributed by atoms with Crippen LogP contribution in [0.3, 0.4) is 0 Å². The first kappa shape index (κ1) is 20.9. The maximum absolute atomic E-state index is 11.5. The van der Waals surface area contributed by atoms with Gasteiger partial charge in [-0.05, 0) is 59.0 Å². The molecule has 1 atom stereocenters. The van der Waals surface area contributed by atoms with E-state index in [2.05, 4.69) is 26.8 Å². The number of hydrogen-bond donors (Lipinski definition) is 0. The fourth-order valence-corrected chi connectivity index (χ4v) is 2.08. The van der Waals surface area contributed by atoms with Crippen LogP contribution in [0.1, 0.15) is 67.2 Å². The molecule has 0 bridgehead atoms. The Hall–Kier alpha value is -1.09. The third-order valence-corrected chi connectivity index (χ3v) is 3.64. The summed E-state index contributed by atoms with van der Waals surface area (Å²) in [6, 6.07) is 0. The van der Waals surface area contributed by atoms with Gasteiger partial charge in [-0.2, -0.15) is 0 Å². The van der Waals surface area contributed by atoms with Gasteiger partial charge in [0.25, 0.3) is 0 Å². The van der Waals surface area contributed by atoms with Gasteiger partial charge < -0.3 is 9.47 Å². The van der Waals surface area contributed by atoms with Crippen LogP contribution in [-0.4, -0.2) is 24.8 Å². The summed E-state index contributed by atoms with van der Waals surface area (Å²) in [6.07, 6.45) is 10.1. The minimum Gasteiger partial charge on any atom is -0.460 e. The molecule has 0 spiro atoms. The Kier molecular flexibility index (Phi) is 10.1. The summed E-state index contributed by atoms with van der Waals surface area (Å²) in [5.41, 5.74) is 0.907. The second-order valence-corrected chi connectivity index (χ2v) is 6.97. The van der Waals surface area contributed by atoms with Gasteiger partial charge in [-0.15, -0.1) is 0 Å². The number of ether oxygens (including phenoxy) is 2. The van der Waals surface area contributed by atoms with E-state index in [4.69, 9.17) is 9.47 Å². The van der Waals surface area contributed by atoms with E-state index in [1.54, 1.807) is 13.2 Å². The summed E-state index contributed by atoms with van der Waals surface area (Å²) in [5.74, 6) is 0.367. The second kappa shape index (κ2) is 10.6. The van der Waals surface area contributed by atoms with Crippen molar-refractivity contribution >= 4 is 5.97 Å². The van der Waals surface area contributed by atoms with Crippen LogP contribution in [0, 0.1) is 5.92 Å². The van der Waals surface area contributed by atoms with Crippen molar-refractivity contribution in [2.45, 2.75) is 78.9 Å². The summed E-state index contributed by atoms with van der Waals surface area (Å²) >= 11 is 0. The van der Waals surface area contributed by atoms with Crippen LogP contribution in [0.15, 0.2) is 23.8 Å². The van der Waals surface area contributed by atoms with E-state index >= 15 is 0 Å². The molecule has 0 amide bonds. The average molecular weight is 310 g/mol. The number of esters is 1. The molecule has 0 aliphatic rings. The first-order valence-corrected chi connectivity index (χ1v) is 8.27. The fraction of sp³-hybridized carbons (Fsp3) is 0.737. The summed E-state index contributed by atoms with van der Waals surface area (Å²) in [5, 5.41) is 0. The minimum absolute atomic E-state index is 0.0222. The van der Waals surface area contributed by atoms with E-state index in [1.165, 1.54) is 12.8 Å². The molecule has 0 aromatic heterocycles. The first-order chi connectivity index (χ1) is 10.2. The number of hydrogen-bond acceptors (Lipinski definition) is 3. The lowest BCUT2D eigenvalue weighted by atomic mass is 9.95. The molecular weight excluding hydrogens is 276 g/mol. The molecule has 0 unspecified atom stereocenters. The van der Waals surface area contributed by atoms with E-state index in [0.717, 1.165) is 18.4 Å². The van der Waals surface area contributed by atoms with Gasteiger partial charge in [0.05, 0.1) is 11.7 Å². The zero-order valence-electron chi connectivity index (χ0n) is 15.4. The standard InChI is InChI=1S/C19H34O3/c1-15(2)22-18(20)14-17(4)11-8-10-16(3)12-9-13-19(5,6)21-7/h8,11,14-16H,9-10,12-13H2,1-7H3/b11-8+,17-14+/t16-/m0/s1. The predicted octanol–water partition coefficient (Wildman–Crippen LogP) is 5.06. The van der Waals surface area contributed by atoms with Crippen molar-refractivity contribution in [1.82, 2.24) is 0 Å². The number of carbonyl (C=O) groups is 1. The Morgan fingerprint density at radius 1 is 1.23 bits per heavy atom. The lowest BCUT2D eigenvalue weighted by molar-refractivity contribution is -0.141. The largest absolute Gasteiger partial charge is 0.460 e. The van der Waals surface area contributed by atoms with Crippen LogP contribution in [0.5, 0.6) is 0 Å². The third kappa shape index (κ3) is 11.6. The maximum Gasteiger partial charge on any atom is 0.331 e. The van der Waals surface area contributed by atoms with Crippen molar-refractivity contribution in [3.05, 3.63) is 23.8 Å². The van der Waals surface area contributed by atoms with Crippen molar-refractivity contribution in [2.75, 3.05) is 7.11 Å². The Morgan fingerprint density at radius 3 is 2.41 bits per heavy atom. The Labute approximate surface area is 136 Å². The van der Waals surface area contributed by atoms with Crippen LogP contribution in [0.2, 0.25) is 0 Å². The zero-order chi connectivity index (χ0) is 17.2. The monoisotopic (exact) mass is 310 g/mol. The highest BCUT2D eigenvalue weighted by Crippen LogP contribution is 2.20. The van der Waals surface area contributed by atoms with Crippen molar-refractivity contribution in [3.8, 4) is 0 Å². The molecule has 3 heteroatoms. The molecule has 0 N–H and O–H groups in total. The van der Waals surface area contributed by atoms with Gasteiger partial charge >= 0.3 is 5.97 Å². The lowest BCUT2D eigenvalue weighted by Gasteiger charge is -2.23. The Bertz CT molecular complexity index is 378. The molecule has 3 nitrogen and oxygen atoms in total. The van der Waals surface area contributed by atoms with Crippen LogP contribution in [-0.2, 0) is 14.3 Å². The second-order valence-electron chi connectivity index (χ2n) is 6.97. The van der Waals surface area contributed by atoms with Gasteiger partial charge in [0.15, 0.2) is 0 Å². The molecule has 0 fully saturated rings. The topological polar surface area (TPSA) is 35.5 Å². The highest BCUT2D eigenvalue weighted by Gasteiger charge is 2.15. The van der Waals surface area contributed by atoms with Crippen molar-refractivity contribution in [3.63, 3.8) is 0 Å². The summed E-state index contributed by atoms with van der Waals surface area (Å²) in [4.78, 5) is 11.5.